The Kier molecular flexibility index (Phi) is 4.51. The van der Waals surface area contributed by atoms with Crippen molar-refractivity contribution in [3.05, 3.63) is 65.9 Å². The predicted octanol–water partition coefficient (Wildman–Crippen LogP) is 2.26. The second-order valence-corrected chi connectivity index (χ2v) is 5.14. The molecule has 3 rings (SSSR count). The molecule has 3 N–H and O–H groups in total. The largest absolute Gasteiger partial charge is 0.472 e. The highest BCUT2D eigenvalue weighted by Crippen LogP contribution is 2.26. The van der Waals surface area contributed by atoms with Gasteiger partial charge in [0.2, 0.25) is 11.8 Å². The molecule has 0 saturated heterocycles. The minimum absolute atomic E-state index is 0.186. The van der Waals surface area contributed by atoms with E-state index in [1.165, 1.54) is 24.5 Å². The summed E-state index contributed by atoms with van der Waals surface area (Å²) in [7, 11) is 0. The maximum absolute atomic E-state index is 13.2. The second kappa shape index (κ2) is 6.91. The Balaban J connectivity index is 1.84. The number of nitrogens with two attached hydrogens (primary N) is 1. The number of hydrogen-bond donors (Lipinski definition) is 2. The van der Waals surface area contributed by atoms with Crippen molar-refractivity contribution in [1.29, 1.82) is 0 Å². The zero-order valence-corrected chi connectivity index (χ0v) is 12.7. The molecule has 6 nitrogen and oxygen atoms in total. The fourth-order valence-electron chi connectivity index (χ4n) is 2.35. The Bertz CT molecular complexity index is 904. The maximum atomic E-state index is 13.2. The van der Waals surface area contributed by atoms with Crippen molar-refractivity contribution in [2.75, 3.05) is 0 Å². The number of aromatic nitrogens is 3. The van der Waals surface area contributed by atoms with Crippen molar-refractivity contribution in [2.45, 2.75) is 13.0 Å². The summed E-state index contributed by atoms with van der Waals surface area (Å²) in [6, 6.07) is 6.18. The first-order chi connectivity index (χ1) is 11.6. The Hall–Kier alpha value is -3.22. The zero-order valence-electron chi connectivity index (χ0n) is 12.7. The van der Waals surface area contributed by atoms with Crippen LogP contribution in [-0.2, 0) is 17.8 Å². The fourth-order valence-corrected chi connectivity index (χ4v) is 2.35. The Morgan fingerprint density at radius 3 is 3.04 bits per heavy atom. The number of allylic oxidation sites excluding steroid dienone is 1. The van der Waals surface area contributed by atoms with Crippen molar-refractivity contribution >= 4 is 16.9 Å². The molecular formula is C17H15FN4O2. The van der Waals surface area contributed by atoms with E-state index in [9.17, 15) is 9.18 Å². The van der Waals surface area contributed by atoms with Crippen LogP contribution < -0.4 is 10.5 Å². The van der Waals surface area contributed by atoms with Gasteiger partial charge in [0, 0.05) is 6.20 Å². The van der Waals surface area contributed by atoms with Crippen molar-refractivity contribution in [3.8, 4) is 5.88 Å². The molecule has 0 bridgehead atoms. The molecule has 0 saturated carbocycles. The summed E-state index contributed by atoms with van der Waals surface area (Å²) < 4.78 is 19.0. The van der Waals surface area contributed by atoms with Gasteiger partial charge in [-0.05, 0) is 35.8 Å². The van der Waals surface area contributed by atoms with Gasteiger partial charge in [0.25, 0.3) is 0 Å². The van der Waals surface area contributed by atoms with Crippen molar-refractivity contribution in [3.63, 3.8) is 0 Å². The first kappa shape index (κ1) is 15.7. The normalized spacial score (nSPS) is 11.2. The van der Waals surface area contributed by atoms with E-state index in [1.54, 1.807) is 24.4 Å². The molecule has 1 amide bonds. The number of halogens is 1. The molecule has 0 spiro atoms. The smallest absolute Gasteiger partial charge is 0.241 e. The first-order valence-electron chi connectivity index (χ1n) is 7.27. The highest BCUT2D eigenvalue weighted by atomic mass is 19.1. The number of rotatable bonds is 6. The number of H-pyrrole nitrogens is 1. The monoisotopic (exact) mass is 326 g/mol. The quantitative estimate of drug-likeness (QED) is 0.679. The van der Waals surface area contributed by atoms with Gasteiger partial charge in [0.15, 0.2) is 0 Å². The third-order valence-corrected chi connectivity index (χ3v) is 3.40. The number of hydrogen-bond acceptors (Lipinski definition) is 4. The molecule has 1 aromatic carbocycles. The molecule has 0 aliphatic carbocycles. The van der Waals surface area contributed by atoms with Crippen molar-refractivity contribution < 1.29 is 13.9 Å². The summed E-state index contributed by atoms with van der Waals surface area (Å²) in [6.45, 7) is 0.186. The van der Waals surface area contributed by atoms with E-state index < -0.39 is 5.91 Å². The third kappa shape index (κ3) is 3.57. The average molecular weight is 326 g/mol. The topological polar surface area (TPSA) is 93.9 Å². The standard InChI is InChI=1S/C17H15FN4O2/c18-13-5-1-3-11(7-13)9-24-17-15-12(4-2-6-14(19)23)8-20-16(15)21-10-22-17/h1-3,5-8,10H,4,9H2,(H2,19,23)(H,20,21,22)/b6-2+. The molecule has 0 aliphatic rings. The molecule has 2 heterocycles. The molecule has 0 unspecified atom stereocenters. The lowest BCUT2D eigenvalue weighted by Crippen LogP contribution is -2.05. The zero-order chi connectivity index (χ0) is 16.9. The number of nitrogens with one attached hydrogen (secondary N) is 1. The van der Waals surface area contributed by atoms with Crippen LogP contribution in [0.25, 0.3) is 11.0 Å². The summed E-state index contributed by atoms with van der Waals surface area (Å²) in [6.07, 6.45) is 6.61. The van der Waals surface area contributed by atoms with Gasteiger partial charge in [-0.1, -0.05) is 18.2 Å². The van der Waals surface area contributed by atoms with Gasteiger partial charge >= 0.3 is 0 Å². The predicted molar refractivity (Wildman–Crippen MR) is 86.7 cm³/mol. The van der Waals surface area contributed by atoms with Gasteiger partial charge in [0.1, 0.15) is 24.4 Å². The Labute approximate surface area is 137 Å². The molecule has 2 aromatic heterocycles. The minimum Gasteiger partial charge on any atom is -0.472 e. The number of primary amides is 1. The Morgan fingerprint density at radius 1 is 1.38 bits per heavy atom. The summed E-state index contributed by atoms with van der Waals surface area (Å²) in [4.78, 5) is 22.1. The number of carbonyl (C=O) groups excluding carboxylic acids is 1. The summed E-state index contributed by atoms with van der Waals surface area (Å²) >= 11 is 0. The van der Waals surface area contributed by atoms with Gasteiger partial charge in [0.05, 0.1) is 5.39 Å². The van der Waals surface area contributed by atoms with E-state index >= 15 is 0 Å². The van der Waals surface area contributed by atoms with Crippen molar-refractivity contribution in [2.24, 2.45) is 5.73 Å². The number of amides is 1. The van der Waals surface area contributed by atoms with Crippen LogP contribution in [-0.4, -0.2) is 20.9 Å². The van der Waals surface area contributed by atoms with Gasteiger partial charge in [-0.15, -0.1) is 0 Å². The van der Waals surface area contributed by atoms with Crippen LogP contribution in [0.15, 0.2) is 48.9 Å². The van der Waals surface area contributed by atoms with Crippen LogP contribution in [0.2, 0.25) is 0 Å². The second-order valence-electron chi connectivity index (χ2n) is 5.14. The van der Waals surface area contributed by atoms with E-state index in [0.29, 0.717) is 23.5 Å². The van der Waals surface area contributed by atoms with Crippen LogP contribution in [0.4, 0.5) is 4.39 Å². The van der Waals surface area contributed by atoms with Gasteiger partial charge in [-0.2, -0.15) is 0 Å². The van der Waals surface area contributed by atoms with Crippen LogP contribution in [0.3, 0.4) is 0 Å². The molecule has 0 radical (unpaired) electrons. The van der Waals surface area contributed by atoms with Crippen LogP contribution in [0.1, 0.15) is 11.1 Å². The van der Waals surface area contributed by atoms with Crippen LogP contribution in [0.5, 0.6) is 5.88 Å². The average Bonchev–Trinajstić information content (AvgIpc) is 2.97. The van der Waals surface area contributed by atoms with Crippen molar-refractivity contribution in [1.82, 2.24) is 15.0 Å². The first-order valence-corrected chi connectivity index (χ1v) is 7.27. The summed E-state index contributed by atoms with van der Waals surface area (Å²) in [5.74, 6) is -0.426. The number of fused-ring (bicyclic) bond motifs is 1. The molecule has 0 aliphatic heterocycles. The lowest BCUT2D eigenvalue weighted by Gasteiger charge is -2.07. The molecule has 7 heteroatoms. The SMILES string of the molecule is NC(=O)/C=C/Cc1c[nH]c2ncnc(OCc3cccc(F)c3)c12. The number of carbonyl (C=O) groups is 1. The summed E-state index contributed by atoms with van der Waals surface area (Å²) in [5.41, 5.74) is 7.29. The molecule has 122 valence electrons. The number of benzene rings is 1. The van der Waals surface area contributed by atoms with E-state index in [0.717, 1.165) is 10.9 Å². The van der Waals surface area contributed by atoms with Gasteiger partial charge < -0.3 is 15.5 Å². The van der Waals surface area contributed by atoms with E-state index in [2.05, 4.69) is 15.0 Å². The van der Waals surface area contributed by atoms with Gasteiger partial charge in [-0.25, -0.2) is 14.4 Å². The highest BCUT2D eigenvalue weighted by Gasteiger charge is 2.12. The highest BCUT2D eigenvalue weighted by molar-refractivity contribution is 5.87. The minimum atomic E-state index is -0.506. The third-order valence-electron chi connectivity index (χ3n) is 3.40. The molecule has 3 aromatic rings. The van der Waals surface area contributed by atoms with E-state index in [1.807, 2.05) is 0 Å². The Morgan fingerprint density at radius 2 is 2.25 bits per heavy atom. The van der Waals surface area contributed by atoms with E-state index in [-0.39, 0.29) is 12.4 Å². The van der Waals surface area contributed by atoms with Crippen LogP contribution >= 0.6 is 0 Å². The molecule has 0 fully saturated rings. The van der Waals surface area contributed by atoms with E-state index in [4.69, 9.17) is 10.5 Å². The fraction of sp³-hybridized carbons (Fsp3) is 0.118. The number of nitrogens with zero attached hydrogens (tertiary/aromatic N) is 2. The lowest BCUT2D eigenvalue weighted by atomic mass is 10.1. The maximum Gasteiger partial charge on any atom is 0.241 e. The molecule has 24 heavy (non-hydrogen) atoms. The van der Waals surface area contributed by atoms with Crippen LogP contribution in [0, 0.1) is 5.82 Å². The molecular weight excluding hydrogens is 311 g/mol. The number of ether oxygens (including phenoxy) is 1. The van der Waals surface area contributed by atoms with Gasteiger partial charge in [-0.3, -0.25) is 4.79 Å². The lowest BCUT2D eigenvalue weighted by molar-refractivity contribution is -0.113. The number of aromatic amines is 1. The molecule has 0 atom stereocenters. The summed E-state index contributed by atoms with van der Waals surface area (Å²) in [5, 5.41) is 0.725.